The van der Waals surface area contributed by atoms with Crippen molar-refractivity contribution in [2.24, 2.45) is 0 Å². The minimum absolute atomic E-state index is 0.225. The lowest BCUT2D eigenvalue weighted by molar-refractivity contribution is 0.146. The van der Waals surface area contributed by atoms with Crippen LogP contribution < -0.4 is 5.32 Å². The number of hydrogen-bond donors (Lipinski definition) is 1. The summed E-state index contributed by atoms with van der Waals surface area (Å²) in [6.07, 6.45) is 4.64. The van der Waals surface area contributed by atoms with Crippen molar-refractivity contribution >= 4 is 0 Å². The molecule has 0 amide bonds. The van der Waals surface area contributed by atoms with E-state index in [0.717, 1.165) is 17.8 Å². The number of ether oxygens (including phenoxy) is 2. The van der Waals surface area contributed by atoms with Gasteiger partial charge in [0.1, 0.15) is 23.5 Å². The second kappa shape index (κ2) is 6.02. The van der Waals surface area contributed by atoms with E-state index in [1.54, 1.807) is 20.1 Å². The number of hydrogen-bond acceptors (Lipinski definition) is 3. The van der Waals surface area contributed by atoms with E-state index < -0.39 is 17.7 Å². The predicted octanol–water partition coefficient (Wildman–Crippen LogP) is 2.89. The average molecular weight is 269 g/mol. The van der Waals surface area contributed by atoms with Crippen molar-refractivity contribution in [1.82, 2.24) is 5.32 Å². The third-order valence-corrected chi connectivity index (χ3v) is 2.95. The zero-order valence-corrected chi connectivity index (χ0v) is 11.0. The van der Waals surface area contributed by atoms with E-state index in [1.165, 1.54) is 0 Å². The summed E-state index contributed by atoms with van der Waals surface area (Å²) < 4.78 is 38.1. The Morgan fingerprint density at radius 3 is 2.79 bits per heavy atom. The first-order valence-electron chi connectivity index (χ1n) is 6.17. The van der Waals surface area contributed by atoms with Crippen LogP contribution in [0.1, 0.15) is 13.3 Å². The highest BCUT2D eigenvalue weighted by Crippen LogP contribution is 2.33. The number of allylic oxidation sites excluding steroid dienone is 4. The summed E-state index contributed by atoms with van der Waals surface area (Å²) in [5, 5.41) is 2.90. The van der Waals surface area contributed by atoms with Gasteiger partial charge in [-0.1, -0.05) is 0 Å². The molecule has 1 N–H and O–H groups in total. The Balaban J connectivity index is 2.19. The maximum atomic E-state index is 13.9. The van der Waals surface area contributed by atoms with Crippen molar-refractivity contribution in [1.29, 1.82) is 0 Å². The molecule has 0 saturated heterocycles. The van der Waals surface area contributed by atoms with E-state index in [4.69, 9.17) is 9.47 Å². The molecular weight excluding hydrogens is 252 g/mol. The van der Waals surface area contributed by atoms with Gasteiger partial charge in [0.05, 0.1) is 12.2 Å². The molecule has 1 aliphatic heterocycles. The van der Waals surface area contributed by atoms with Gasteiger partial charge in [0.15, 0.2) is 0 Å². The van der Waals surface area contributed by atoms with Gasteiger partial charge in [-0.2, -0.15) is 0 Å². The second-order valence-electron chi connectivity index (χ2n) is 4.44. The lowest BCUT2D eigenvalue weighted by Gasteiger charge is -2.29. The number of rotatable bonds is 5. The zero-order valence-electron chi connectivity index (χ0n) is 11.0. The third kappa shape index (κ3) is 3.04. The molecule has 1 aliphatic carbocycles. The average Bonchev–Trinajstić information content (AvgIpc) is 2.38. The first-order chi connectivity index (χ1) is 9.13. The van der Waals surface area contributed by atoms with Crippen LogP contribution in [-0.2, 0) is 9.47 Å². The summed E-state index contributed by atoms with van der Waals surface area (Å²) in [6.45, 7) is 2.76. The van der Waals surface area contributed by atoms with Crippen LogP contribution in [0, 0.1) is 0 Å². The number of methoxy groups -OCH3 is 1. The van der Waals surface area contributed by atoms with Gasteiger partial charge in [-0.3, -0.25) is 0 Å². The van der Waals surface area contributed by atoms with Crippen molar-refractivity contribution in [3.05, 3.63) is 46.9 Å². The minimum Gasteiger partial charge on any atom is -0.493 e. The number of nitrogens with one attached hydrogen (secondary N) is 1. The molecule has 0 aromatic rings. The van der Waals surface area contributed by atoms with Crippen LogP contribution in [0.2, 0.25) is 0 Å². The molecule has 5 heteroatoms. The Morgan fingerprint density at radius 1 is 1.26 bits per heavy atom. The largest absolute Gasteiger partial charge is 0.493 e. The second-order valence-corrected chi connectivity index (χ2v) is 4.44. The zero-order chi connectivity index (χ0) is 13.8. The lowest BCUT2D eigenvalue weighted by atomic mass is 9.95. The highest BCUT2D eigenvalue weighted by atomic mass is 19.1. The first kappa shape index (κ1) is 13.8. The van der Waals surface area contributed by atoms with E-state index in [2.05, 4.69) is 5.32 Å². The highest BCUT2D eigenvalue weighted by molar-refractivity contribution is 5.50. The predicted molar refractivity (Wildman–Crippen MR) is 68.5 cm³/mol. The standard InChI is InChI=1S/C14H17F2NO2/c1-9-8-12(19-7-3-6-18-2)13-10(15)4-5-11(16)14(13)17-9/h4-5,8,14,17H,3,6-7H2,1-2H3. The van der Waals surface area contributed by atoms with Crippen molar-refractivity contribution in [2.45, 2.75) is 19.4 Å². The topological polar surface area (TPSA) is 30.5 Å². The van der Waals surface area contributed by atoms with Crippen LogP contribution in [0.4, 0.5) is 8.78 Å². The Kier molecular flexibility index (Phi) is 4.37. The van der Waals surface area contributed by atoms with Crippen LogP contribution in [-0.4, -0.2) is 26.4 Å². The van der Waals surface area contributed by atoms with E-state index in [0.29, 0.717) is 25.4 Å². The molecule has 1 heterocycles. The Hall–Kier alpha value is -1.62. The van der Waals surface area contributed by atoms with Gasteiger partial charge in [-0.25, -0.2) is 8.78 Å². The molecule has 0 aromatic carbocycles. The van der Waals surface area contributed by atoms with Gasteiger partial charge >= 0.3 is 0 Å². The van der Waals surface area contributed by atoms with E-state index in [1.807, 2.05) is 0 Å². The van der Waals surface area contributed by atoms with E-state index in [-0.39, 0.29) is 5.57 Å². The molecule has 0 radical (unpaired) electrons. The summed E-state index contributed by atoms with van der Waals surface area (Å²) in [5.74, 6) is -0.499. The van der Waals surface area contributed by atoms with Gasteiger partial charge in [-0.05, 0) is 25.2 Å². The van der Waals surface area contributed by atoms with Crippen LogP contribution in [0.3, 0.4) is 0 Å². The molecule has 2 aliphatic rings. The maximum Gasteiger partial charge on any atom is 0.132 e. The van der Waals surface area contributed by atoms with Crippen molar-refractivity contribution in [3.63, 3.8) is 0 Å². The molecule has 2 rings (SSSR count). The Labute approximate surface area is 111 Å². The van der Waals surface area contributed by atoms with Crippen molar-refractivity contribution in [2.75, 3.05) is 20.3 Å². The summed E-state index contributed by atoms with van der Waals surface area (Å²) in [6, 6.07) is -0.785. The van der Waals surface area contributed by atoms with Crippen molar-refractivity contribution < 1.29 is 18.3 Å². The summed E-state index contributed by atoms with van der Waals surface area (Å²) in [7, 11) is 1.61. The number of fused-ring (bicyclic) bond motifs is 1. The summed E-state index contributed by atoms with van der Waals surface area (Å²) >= 11 is 0. The molecule has 1 unspecified atom stereocenters. The first-order valence-corrected chi connectivity index (χ1v) is 6.17. The third-order valence-electron chi connectivity index (χ3n) is 2.95. The van der Waals surface area contributed by atoms with Crippen molar-refractivity contribution in [3.8, 4) is 0 Å². The smallest absolute Gasteiger partial charge is 0.132 e. The molecule has 0 fully saturated rings. The minimum atomic E-state index is -0.785. The van der Waals surface area contributed by atoms with Crippen LogP contribution in [0.15, 0.2) is 46.9 Å². The van der Waals surface area contributed by atoms with E-state index >= 15 is 0 Å². The molecule has 104 valence electrons. The molecule has 1 atom stereocenters. The lowest BCUT2D eigenvalue weighted by Crippen LogP contribution is -2.35. The maximum absolute atomic E-state index is 13.9. The normalized spacial score (nSPS) is 22.1. The van der Waals surface area contributed by atoms with Crippen LogP contribution in [0.25, 0.3) is 0 Å². The molecular formula is C14H17F2NO2. The van der Waals surface area contributed by atoms with Crippen LogP contribution >= 0.6 is 0 Å². The quantitative estimate of drug-likeness (QED) is 0.778. The SMILES string of the molecule is COCCCOC1=C2C(F)=CC=C(F)C2NC(C)=C1. The molecule has 0 saturated carbocycles. The molecule has 19 heavy (non-hydrogen) atoms. The fourth-order valence-corrected chi connectivity index (χ4v) is 2.06. The van der Waals surface area contributed by atoms with Gasteiger partial charge in [-0.15, -0.1) is 0 Å². The molecule has 3 nitrogen and oxygen atoms in total. The van der Waals surface area contributed by atoms with Gasteiger partial charge in [0, 0.05) is 25.8 Å². The van der Waals surface area contributed by atoms with Gasteiger partial charge in [0.2, 0.25) is 0 Å². The summed E-state index contributed by atoms with van der Waals surface area (Å²) in [4.78, 5) is 0. The monoisotopic (exact) mass is 269 g/mol. The van der Waals surface area contributed by atoms with Gasteiger partial charge in [0.25, 0.3) is 0 Å². The highest BCUT2D eigenvalue weighted by Gasteiger charge is 2.31. The fraction of sp³-hybridized carbons (Fsp3) is 0.429. The molecule has 0 bridgehead atoms. The molecule has 0 spiro atoms. The fourth-order valence-electron chi connectivity index (χ4n) is 2.06. The number of dihydropyridines is 1. The van der Waals surface area contributed by atoms with Gasteiger partial charge < -0.3 is 14.8 Å². The Morgan fingerprint density at radius 2 is 2.05 bits per heavy atom. The van der Waals surface area contributed by atoms with E-state index in [9.17, 15) is 8.78 Å². The molecule has 0 aromatic heterocycles. The Bertz CT molecular complexity index is 478. The summed E-state index contributed by atoms with van der Waals surface area (Å²) in [5.41, 5.74) is 0.969. The van der Waals surface area contributed by atoms with Crippen LogP contribution in [0.5, 0.6) is 0 Å². The number of halogens is 2.